The summed E-state index contributed by atoms with van der Waals surface area (Å²) in [4.78, 5) is 11.7. The van der Waals surface area contributed by atoms with Gasteiger partial charge in [-0.3, -0.25) is 4.79 Å². The molecule has 0 amide bonds. The third-order valence-electron chi connectivity index (χ3n) is 3.35. The first-order valence-electron chi connectivity index (χ1n) is 5.38. The van der Waals surface area contributed by atoms with Crippen molar-refractivity contribution in [3.8, 4) is 0 Å². The van der Waals surface area contributed by atoms with Gasteiger partial charge in [-0.25, -0.2) is 0 Å². The molecule has 0 radical (unpaired) electrons. The molecular weight excluding hydrogens is 180 g/mol. The number of hydrogen-bond donors (Lipinski definition) is 0. The van der Waals surface area contributed by atoms with E-state index in [4.69, 9.17) is 0 Å². The summed E-state index contributed by atoms with van der Waals surface area (Å²) in [6, 6.07) is 0. The second-order valence-corrected chi connectivity index (χ2v) is 5.77. The molecule has 1 heterocycles. The van der Waals surface area contributed by atoms with Crippen LogP contribution in [0.3, 0.4) is 0 Å². The predicted octanol–water partition coefficient (Wildman–Crippen LogP) is 2.74. The van der Waals surface area contributed by atoms with E-state index in [1.807, 2.05) is 11.8 Å². The van der Waals surface area contributed by atoms with Crippen molar-refractivity contribution in [3.63, 3.8) is 0 Å². The van der Waals surface area contributed by atoms with Crippen LogP contribution >= 0.6 is 11.8 Å². The molecule has 2 atom stereocenters. The predicted molar refractivity (Wildman–Crippen MR) is 56.9 cm³/mol. The van der Waals surface area contributed by atoms with Crippen LogP contribution in [0.1, 0.15) is 32.6 Å². The van der Waals surface area contributed by atoms with Gasteiger partial charge in [-0.15, -0.1) is 0 Å². The van der Waals surface area contributed by atoms with Crippen LogP contribution < -0.4 is 0 Å². The molecule has 0 aromatic carbocycles. The summed E-state index contributed by atoms with van der Waals surface area (Å²) >= 11 is 2.04. The Morgan fingerprint density at radius 1 is 1.38 bits per heavy atom. The lowest BCUT2D eigenvalue weighted by Crippen LogP contribution is -2.15. The molecule has 1 aliphatic carbocycles. The Kier molecular flexibility index (Phi) is 2.97. The van der Waals surface area contributed by atoms with Crippen molar-refractivity contribution in [2.45, 2.75) is 32.6 Å². The van der Waals surface area contributed by atoms with Crippen molar-refractivity contribution in [2.75, 3.05) is 11.5 Å². The molecule has 0 aromatic heterocycles. The van der Waals surface area contributed by atoms with Crippen molar-refractivity contribution in [1.82, 2.24) is 0 Å². The molecule has 1 nitrogen and oxygen atoms in total. The van der Waals surface area contributed by atoms with Gasteiger partial charge in [-0.05, 0) is 42.6 Å². The van der Waals surface area contributed by atoms with Crippen LogP contribution in [0.15, 0.2) is 0 Å². The summed E-state index contributed by atoms with van der Waals surface area (Å²) in [5.41, 5.74) is 0. The van der Waals surface area contributed by atoms with Crippen molar-refractivity contribution in [2.24, 2.45) is 17.8 Å². The zero-order chi connectivity index (χ0) is 9.26. The summed E-state index contributed by atoms with van der Waals surface area (Å²) in [6.07, 6.45) is 4.60. The highest BCUT2D eigenvalue weighted by Crippen LogP contribution is 2.40. The molecule has 2 fully saturated rings. The van der Waals surface area contributed by atoms with E-state index in [2.05, 4.69) is 6.92 Å². The highest BCUT2D eigenvalue weighted by molar-refractivity contribution is 7.99. The topological polar surface area (TPSA) is 17.1 Å². The molecule has 2 aliphatic rings. The van der Waals surface area contributed by atoms with E-state index < -0.39 is 0 Å². The van der Waals surface area contributed by atoms with Crippen LogP contribution in [0.2, 0.25) is 0 Å². The zero-order valence-corrected chi connectivity index (χ0v) is 9.11. The Morgan fingerprint density at radius 2 is 2.00 bits per heavy atom. The normalized spacial score (nSPS) is 34.5. The largest absolute Gasteiger partial charge is 0.299 e. The summed E-state index contributed by atoms with van der Waals surface area (Å²) in [5, 5.41) is 0. The summed E-state index contributed by atoms with van der Waals surface area (Å²) in [6.45, 7) is 2.19. The smallest absolute Gasteiger partial charge is 0.136 e. The van der Waals surface area contributed by atoms with Crippen molar-refractivity contribution in [3.05, 3.63) is 0 Å². The van der Waals surface area contributed by atoms with E-state index in [0.29, 0.717) is 17.6 Å². The molecule has 1 aliphatic heterocycles. The first kappa shape index (κ1) is 9.57. The number of carbonyl (C=O) groups is 1. The SMILES string of the molecule is CC1CC1C(=O)CC1CCSCC1. The van der Waals surface area contributed by atoms with Gasteiger partial charge < -0.3 is 0 Å². The first-order chi connectivity index (χ1) is 6.27. The molecule has 2 unspecified atom stereocenters. The molecule has 0 spiro atoms. The van der Waals surface area contributed by atoms with Gasteiger partial charge in [0, 0.05) is 12.3 Å². The molecule has 2 rings (SSSR count). The van der Waals surface area contributed by atoms with Gasteiger partial charge in [0.25, 0.3) is 0 Å². The standard InChI is InChI=1S/C11H18OS/c1-8-6-10(8)11(12)7-9-2-4-13-5-3-9/h8-10H,2-7H2,1H3. The molecular formula is C11H18OS. The fourth-order valence-corrected chi connectivity index (χ4v) is 3.36. The highest BCUT2D eigenvalue weighted by Gasteiger charge is 2.39. The summed E-state index contributed by atoms with van der Waals surface area (Å²) in [5.74, 6) is 4.99. The Labute approximate surface area is 84.7 Å². The van der Waals surface area contributed by atoms with E-state index in [-0.39, 0.29) is 0 Å². The lowest BCUT2D eigenvalue weighted by Gasteiger charge is -2.20. The van der Waals surface area contributed by atoms with Crippen LogP contribution in [0.5, 0.6) is 0 Å². The molecule has 2 heteroatoms. The van der Waals surface area contributed by atoms with Crippen molar-refractivity contribution in [1.29, 1.82) is 0 Å². The molecule has 13 heavy (non-hydrogen) atoms. The second kappa shape index (κ2) is 4.04. The zero-order valence-electron chi connectivity index (χ0n) is 8.29. The highest BCUT2D eigenvalue weighted by atomic mass is 32.2. The maximum atomic E-state index is 11.7. The molecule has 0 aromatic rings. The van der Waals surface area contributed by atoms with E-state index in [1.54, 1.807) is 0 Å². The number of thioether (sulfide) groups is 1. The maximum absolute atomic E-state index is 11.7. The molecule has 0 bridgehead atoms. The summed E-state index contributed by atoms with van der Waals surface area (Å²) in [7, 11) is 0. The quantitative estimate of drug-likeness (QED) is 0.693. The monoisotopic (exact) mass is 198 g/mol. The van der Waals surface area contributed by atoms with Gasteiger partial charge in [0.1, 0.15) is 5.78 Å². The number of Topliss-reactive ketones (excluding diaryl/α,β-unsaturated/α-hetero) is 1. The number of carbonyl (C=O) groups excluding carboxylic acids is 1. The third-order valence-corrected chi connectivity index (χ3v) is 4.40. The first-order valence-corrected chi connectivity index (χ1v) is 6.53. The van der Waals surface area contributed by atoms with Gasteiger partial charge in [0.2, 0.25) is 0 Å². The fourth-order valence-electron chi connectivity index (χ4n) is 2.16. The Balaban J connectivity index is 1.73. The number of ketones is 1. The number of rotatable bonds is 3. The van der Waals surface area contributed by atoms with Gasteiger partial charge in [-0.2, -0.15) is 11.8 Å². The maximum Gasteiger partial charge on any atom is 0.136 e. The van der Waals surface area contributed by atoms with Gasteiger partial charge in [-0.1, -0.05) is 6.92 Å². The van der Waals surface area contributed by atoms with E-state index in [1.165, 1.54) is 30.8 Å². The minimum absolute atomic E-state index is 0.453. The van der Waals surface area contributed by atoms with Crippen molar-refractivity contribution >= 4 is 17.5 Å². The Bertz CT molecular complexity index is 196. The van der Waals surface area contributed by atoms with Crippen LogP contribution in [0.25, 0.3) is 0 Å². The average molecular weight is 198 g/mol. The minimum atomic E-state index is 0.453. The Morgan fingerprint density at radius 3 is 2.54 bits per heavy atom. The lowest BCUT2D eigenvalue weighted by atomic mass is 9.94. The molecule has 74 valence electrons. The van der Waals surface area contributed by atoms with E-state index in [0.717, 1.165) is 12.3 Å². The van der Waals surface area contributed by atoms with E-state index in [9.17, 15) is 4.79 Å². The van der Waals surface area contributed by atoms with Gasteiger partial charge in [0.05, 0.1) is 0 Å². The van der Waals surface area contributed by atoms with Crippen LogP contribution in [0.4, 0.5) is 0 Å². The number of hydrogen-bond acceptors (Lipinski definition) is 2. The van der Waals surface area contributed by atoms with Gasteiger partial charge in [0.15, 0.2) is 0 Å². The van der Waals surface area contributed by atoms with Crippen LogP contribution in [0, 0.1) is 17.8 Å². The van der Waals surface area contributed by atoms with Gasteiger partial charge >= 0.3 is 0 Å². The minimum Gasteiger partial charge on any atom is -0.299 e. The molecule has 1 saturated heterocycles. The van der Waals surface area contributed by atoms with Crippen LogP contribution in [-0.4, -0.2) is 17.3 Å². The lowest BCUT2D eigenvalue weighted by molar-refractivity contribution is -0.121. The van der Waals surface area contributed by atoms with Crippen molar-refractivity contribution < 1.29 is 4.79 Å². The van der Waals surface area contributed by atoms with E-state index >= 15 is 0 Å². The average Bonchev–Trinajstić information content (AvgIpc) is 2.84. The molecule has 1 saturated carbocycles. The second-order valence-electron chi connectivity index (χ2n) is 4.55. The Hall–Kier alpha value is 0.0200. The molecule has 0 N–H and O–H groups in total. The third kappa shape index (κ3) is 2.49. The van der Waals surface area contributed by atoms with Crippen LogP contribution in [-0.2, 0) is 4.79 Å². The summed E-state index contributed by atoms with van der Waals surface area (Å²) < 4.78 is 0. The fraction of sp³-hybridized carbons (Fsp3) is 0.909.